The number of benzene rings is 3. The first-order valence-electron chi connectivity index (χ1n) is 14.2. The van der Waals surface area contributed by atoms with E-state index in [1.165, 1.54) is 27.8 Å². The van der Waals surface area contributed by atoms with Gasteiger partial charge in [-0.3, -0.25) is 4.98 Å². The van der Waals surface area contributed by atoms with E-state index in [2.05, 4.69) is 110 Å². The molecule has 0 spiro atoms. The molecule has 0 fully saturated rings. The van der Waals surface area contributed by atoms with Gasteiger partial charge in [-0.15, -0.1) is 34.9 Å². The molecule has 1 aromatic heterocycles. The third-order valence-corrected chi connectivity index (χ3v) is 6.76. The largest absolute Gasteiger partial charge is 0.393 e. The molecule has 4 aromatic rings. The summed E-state index contributed by atoms with van der Waals surface area (Å²) in [6.45, 7) is 18.5. The zero-order valence-corrected chi connectivity index (χ0v) is 28.4. The SMILES string of the molecule is CC(C)CC(O)CC(C)O.Cc1[c-]c(-c2ncc(-c3c(C)cccc3C)nc2-c2cc(C)cc(C)c2)cc(C)c1.[Ir]. The molecule has 41 heavy (non-hydrogen) atoms. The number of aliphatic hydroxyl groups is 2. The minimum Gasteiger partial charge on any atom is -0.393 e. The summed E-state index contributed by atoms with van der Waals surface area (Å²) in [6.07, 6.45) is 2.47. The normalized spacial score (nSPS) is 12.3. The summed E-state index contributed by atoms with van der Waals surface area (Å²) in [6, 6.07) is 20.7. The van der Waals surface area contributed by atoms with Crippen LogP contribution in [0.15, 0.2) is 54.7 Å². The predicted molar refractivity (Wildman–Crippen MR) is 167 cm³/mol. The predicted octanol–water partition coefficient (Wildman–Crippen LogP) is 8.29. The van der Waals surface area contributed by atoms with Crippen LogP contribution in [0.2, 0.25) is 0 Å². The van der Waals surface area contributed by atoms with Crippen LogP contribution in [0.5, 0.6) is 0 Å². The molecule has 0 aliphatic heterocycles. The summed E-state index contributed by atoms with van der Waals surface area (Å²) >= 11 is 0. The second-order valence-corrected chi connectivity index (χ2v) is 11.7. The second kappa shape index (κ2) is 15.5. The van der Waals surface area contributed by atoms with Gasteiger partial charge < -0.3 is 15.2 Å². The molecule has 0 aliphatic rings. The van der Waals surface area contributed by atoms with Crippen LogP contribution >= 0.6 is 0 Å². The first kappa shape index (κ1) is 34.5. The van der Waals surface area contributed by atoms with Crippen molar-refractivity contribution < 1.29 is 30.3 Å². The summed E-state index contributed by atoms with van der Waals surface area (Å²) in [5.74, 6) is 0.508. The molecule has 2 N–H and O–H groups in total. The second-order valence-electron chi connectivity index (χ2n) is 11.7. The van der Waals surface area contributed by atoms with Crippen molar-refractivity contribution >= 4 is 0 Å². The average molecular weight is 730 g/mol. The Bertz CT molecular complexity index is 1380. The standard InChI is InChI=1S/C28H27N2.C8H18O2.Ir/c1-17-10-18(2)13-23(12-17)27-28(24-14-19(3)11-20(4)15-24)30-25(16-29-27)26-21(5)8-7-9-22(26)6;1-6(2)4-8(10)5-7(3)9;/h7-12,14-16H,1-6H3;6-10H,4-5H2,1-3H3;/q-1;;. The Hall–Kier alpha value is -2.69. The van der Waals surface area contributed by atoms with Crippen LogP contribution < -0.4 is 0 Å². The van der Waals surface area contributed by atoms with Gasteiger partial charge in [0.05, 0.1) is 23.6 Å². The number of aliphatic hydroxyl groups excluding tert-OH is 2. The molecular weight excluding hydrogens is 685 g/mol. The van der Waals surface area contributed by atoms with Crippen LogP contribution in [0.3, 0.4) is 0 Å². The van der Waals surface area contributed by atoms with E-state index in [1.807, 2.05) is 6.20 Å². The van der Waals surface area contributed by atoms with E-state index in [0.29, 0.717) is 12.3 Å². The van der Waals surface area contributed by atoms with Crippen LogP contribution in [-0.2, 0) is 20.1 Å². The van der Waals surface area contributed by atoms with Gasteiger partial charge in [0, 0.05) is 37.6 Å². The molecule has 2 atom stereocenters. The summed E-state index contributed by atoms with van der Waals surface area (Å²) in [5, 5.41) is 18.1. The maximum atomic E-state index is 9.23. The Morgan fingerprint density at radius 1 is 0.756 bits per heavy atom. The molecule has 5 heteroatoms. The van der Waals surface area contributed by atoms with Gasteiger partial charge in [-0.05, 0) is 70.1 Å². The van der Waals surface area contributed by atoms with E-state index in [0.717, 1.165) is 45.8 Å². The number of aryl methyl sites for hydroxylation is 6. The smallest absolute Gasteiger partial charge is 0.0878 e. The first-order chi connectivity index (χ1) is 18.8. The molecule has 221 valence electrons. The van der Waals surface area contributed by atoms with Gasteiger partial charge in [0.1, 0.15) is 0 Å². The Labute approximate surface area is 260 Å². The summed E-state index contributed by atoms with van der Waals surface area (Å²) < 4.78 is 0. The molecule has 0 saturated carbocycles. The third-order valence-electron chi connectivity index (χ3n) is 6.76. The van der Waals surface area contributed by atoms with Crippen LogP contribution in [0.1, 0.15) is 67.0 Å². The van der Waals surface area contributed by atoms with Crippen molar-refractivity contribution in [1.29, 1.82) is 0 Å². The van der Waals surface area contributed by atoms with Crippen molar-refractivity contribution in [2.75, 3.05) is 0 Å². The molecule has 4 nitrogen and oxygen atoms in total. The van der Waals surface area contributed by atoms with Crippen LogP contribution in [0.25, 0.3) is 33.8 Å². The summed E-state index contributed by atoms with van der Waals surface area (Å²) in [7, 11) is 0. The zero-order chi connectivity index (χ0) is 29.6. The maximum Gasteiger partial charge on any atom is 0.0878 e. The van der Waals surface area contributed by atoms with Crippen molar-refractivity contribution in [3.63, 3.8) is 0 Å². The van der Waals surface area contributed by atoms with E-state index in [9.17, 15) is 5.11 Å². The minimum absolute atomic E-state index is 0. The van der Waals surface area contributed by atoms with E-state index in [-0.39, 0.29) is 32.3 Å². The minimum atomic E-state index is -0.381. The summed E-state index contributed by atoms with van der Waals surface area (Å²) in [4.78, 5) is 10.1. The number of hydrogen-bond acceptors (Lipinski definition) is 4. The van der Waals surface area contributed by atoms with Crippen molar-refractivity contribution in [1.82, 2.24) is 9.97 Å². The molecule has 0 aliphatic carbocycles. The van der Waals surface area contributed by atoms with Crippen molar-refractivity contribution in [3.8, 4) is 33.8 Å². The van der Waals surface area contributed by atoms with Gasteiger partial charge in [0.15, 0.2) is 0 Å². The molecule has 0 saturated heterocycles. The van der Waals surface area contributed by atoms with E-state index < -0.39 is 0 Å². The molecule has 0 bridgehead atoms. The molecule has 4 rings (SSSR count). The van der Waals surface area contributed by atoms with Crippen molar-refractivity contribution in [3.05, 3.63) is 94.2 Å². The van der Waals surface area contributed by atoms with E-state index >= 15 is 0 Å². The zero-order valence-electron chi connectivity index (χ0n) is 26.0. The molecule has 1 heterocycles. The maximum absolute atomic E-state index is 9.23. The Kier molecular flexibility index (Phi) is 13.1. The number of hydrogen-bond donors (Lipinski definition) is 2. The van der Waals surface area contributed by atoms with Gasteiger partial charge in [-0.2, -0.15) is 0 Å². The van der Waals surface area contributed by atoms with Gasteiger partial charge in [0.2, 0.25) is 0 Å². The molecule has 2 unspecified atom stereocenters. The fourth-order valence-electron chi connectivity index (χ4n) is 5.29. The topological polar surface area (TPSA) is 66.2 Å². The average Bonchev–Trinajstić information content (AvgIpc) is 2.82. The van der Waals surface area contributed by atoms with E-state index in [1.54, 1.807) is 6.92 Å². The van der Waals surface area contributed by atoms with Gasteiger partial charge in [-0.25, -0.2) is 0 Å². The van der Waals surface area contributed by atoms with E-state index in [4.69, 9.17) is 15.1 Å². The van der Waals surface area contributed by atoms with Crippen molar-refractivity contribution in [2.45, 2.75) is 87.4 Å². The van der Waals surface area contributed by atoms with Crippen LogP contribution in [0.4, 0.5) is 0 Å². The summed E-state index contributed by atoms with van der Waals surface area (Å²) in [5.41, 5.74) is 13.1. The van der Waals surface area contributed by atoms with Gasteiger partial charge >= 0.3 is 0 Å². The molecule has 3 aromatic carbocycles. The monoisotopic (exact) mass is 730 g/mol. The Balaban J connectivity index is 0.000000461. The Morgan fingerprint density at radius 2 is 1.34 bits per heavy atom. The van der Waals surface area contributed by atoms with Crippen LogP contribution in [-0.4, -0.2) is 32.4 Å². The first-order valence-corrected chi connectivity index (χ1v) is 14.2. The molecular formula is C36H45IrN2O2-. The fraction of sp³-hybridized carbons (Fsp3) is 0.389. The quantitative estimate of drug-likeness (QED) is 0.188. The molecule has 1 radical (unpaired) electrons. The number of rotatable bonds is 7. The van der Waals surface area contributed by atoms with Gasteiger partial charge in [-0.1, -0.05) is 75.2 Å². The van der Waals surface area contributed by atoms with Crippen molar-refractivity contribution in [2.24, 2.45) is 5.92 Å². The number of aromatic nitrogens is 2. The third kappa shape index (κ3) is 9.97. The van der Waals surface area contributed by atoms with Crippen LogP contribution in [0, 0.1) is 53.5 Å². The fourth-order valence-corrected chi connectivity index (χ4v) is 5.29. The van der Waals surface area contributed by atoms with Gasteiger partial charge in [0.25, 0.3) is 0 Å². The molecule has 0 amide bonds. The Morgan fingerprint density at radius 3 is 1.88 bits per heavy atom. The number of nitrogens with zero attached hydrogens (tertiary/aromatic N) is 2.